The number of aromatic nitrogens is 1. The lowest BCUT2D eigenvalue weighted by Gasteiger charge is -2.31. The number of pyridine rings is 1. The fraction of sp³-hybridized carbons (Fsp3) is 0.441. The third-order valence-electron chi connectivity index (χ3n) is 7.36. The van der Waals surface area contributed by atoms with E-state index >= 15 is 0 Å². The lowest BCUT2D eigenvalue weighted by Crippen LogP contribution is -2.44. The molecule has 0 atom stereocenters. The SMILES string of the molecule is CC/C=C(/N=C\C=C(/C)c1cnc(NCc2cccc(C(=O)OC)c2)c2c1OCC2)N(C(=O)OC(C)(C)C)C(=O)C1CCC1. The highest BCUT2D eigenvalue weighted by atomic mass is 16.6. The number of methoxy groups -OCH3 is 1. The van der Waals surface area contributed by atoms with Crippen LogP contribution in [-0.2, 0) is 27.2 Å². The van der Waals surface area contributed by atoms with Crippen LogP contribution in [-0.4, -0.2) is 53.4 Å². The third kappa shape index (κ3) is 7.92. The van der Waals surface area contributed by atoms with Crippen molar-refractivity contribution >= 4 is 35.6 Å². The molecule has 1 aliphatic heterocycles. The summed E-state index contributed by atoms with van der Waals surface area (Å²) in [6.07, 6.45) is 9.96. The molecular weight excluding hydrogens is 560 g/mol. The van der Waals surface area contributed by atoms with Crippen LogP contribution in [0.25, 0.3) is 5.57 Å². The Bertz CT molecular complexity index is 1480. The summed E-state index contributed by atoms with van der Waals surface area (Å²) in [5.74, 6) is 0.866. The van der Waals surface area contributed by atoms with Crippen molar-refractivity contribution in [3.05, 3.63) is 70.7 Å². The number of carbonyl (C=O) groups excluding carboxylic acids is 3. The van der Waals surface area contributed by atoms with Gasteiger partial charge in [-0.05, 0) is 82.4 Å². The lowest BCUT2D eigenvalue weighted by atomic mass is 9.84. The molecular formula is C34H42N4O6. The van der Waals surface area contributed by atoms with E-state index in [1.54, 1.807) is 51.4 Å². The van der Waals surface area contributed by atoms with E-state index in [1.165, 1.54) is 7.11 Å². The molecule has 0 radical (unpaired) electrons. The van der Waals surface area contributed by atoms with E-state index in [4.69, 9.17) is 14.2 Å². The van der Waals surface area contributed by atoms with Crippen LogP contribution >= 0.6 is 0 Å². The van der Waals surface area contributed by atoms with Gasteiger partial charge in [0.25, 0.3) is 0 Å². The molecule has 234 valence electrons. The number of esters is 1. The molecule has 0 bridgehead atoms. The maximum absolute atomic E-state index is 13.3. The average Bonchev–Trinajstić information content (AvgIpc) is 3.44. The Morgan fingerprint density at radius 1 is 1.23 bits per heavy atom. The average molecular weight is 603 g/mol. The molecule has 1 aliphatic carbocycles. The Morgan fingerprint density at radius 2 is 2.00 bits per heavy atom. The van der Waals surface area contributed by atoms with Crippen molar-refractivity contribution in [2.75, 3.05) is 19.0 Å². The highest BCUT2D eigenvalue weighted by Gasteiger charge is 2.37. The number of nitrogens with one attached hydrogen (secondary N) is 1. The van der Waals surface area contributed by atoms with Gasteiger partial charge in [-0.3, -0.25) is 4.79 Å². The molecule has 0 spiro atoms. The number of rotatable bonds is 10. The molecule has 1 aromatic heterocycles. The van der Waals surface area contributed by atoms with Gasteiger partial charge < -0.3 is 19.5 Å². The summed E-state index contributed by atoms with van der Waals surface area (Å²) < 4.78 is 16.4. The number of fused-ring (bicyclic) bond motifs is 1. The van der Waals surface area contributed by atoms with Crippen LogP contribution in [0.4, 0.5) is 10.6 Å². The fourth-order valence-corrected chi connectivity index (χ4v) is 4.87. The number of benzene rings is 1. The number of anilines is 1. The summed E-state index contributed by atoms with van der Waals surface area (Å²) in [5.41, 5.74) is 3.33. The second-order valence-electron chi connectivity index (χ2n) is 11.9. The number of amides is 2. The van der Waals surface area contributed by atoms with E-state index in [-0.39, 0.29) is 23.6 Å². The van der Waals surface area contributed by atoms with E-state index in [2.05, 4.69) is 15.3 Å². The Morgan fingerprint density at radius 3 is 2.66 bits per heavy atom. The summed E-state index contributed by atoms with van der Waals surface area (Å²) in [5, 5.41) is 3.37. The molecule has 2 heterocycles. The molecule has 1 fully saturated rings. The number of ether oxygens (including phenoxy) is 3. The number of aliphatic imine (C=N–C) groups is 1. The largest absolute Gasteiger partial charge is 0.492 e. The first-order chi connectivity index (χ1) is 21.0. The quantitative estimate of drug-likeness (QED) is 0.236. The standard InChI is InChI=1S/C34H42N4O6/c1-7-10-28(38(31(39)24-12-9-13-24)33(41)44-34(3,4)5)35-17-15-22(2)27-21-37-30(26-16-18-43-29(26)27)36-20-23-11-8-14-25(19-23)32(40)42-6/h8,10-11,14-15,17,19,21,24H,7,9,12-13,16,18,20H2,1-6H3,(H,36,37)/b22-15+,28-10-,35-17-. The van der Waals surface area contributed by atoms with Crippen molar-refractivity contribution in [2.45, 2.75) is 78.9 Å². The van der Waals surface area contributed by atoms with E-state index in [1.807, 2.05) is 32.1 Å². The van der Waals surface area contributed by atoms with Crippen molar-refractivity contribution in [1.29, 1.82) is 0 Å². The van der Waals surface area contributed by atoms with Gasteiger partial charge in [0.05, 0.1) is 19.3 Å². The zero-order valence-electron chi connectivity index (χ0n) is 26.4. The van der Waals surface area contributed by atoms with Crippen LogP contribution in [0.3, 0.4) is 0 Å². The summed E-state index contributed by atoms with van der Waals surface area (Å²) in [6, 6.07) is 7.26. The summed E-state index contributed by atoms with van der Waals surface area (Å²) in [6.45, 7) is 10.2. The smallest absolute Gasteiger partial charge is 0.422 e. The first-order valence-electron chi connectivity index (χ1n) is 15.1. The van der Waals surface area contributed by atoms with E-state index in [0.29, 0.717) is 31.6 Å². The number of imide groups is 1. The van der Waals surface area contributed by atoms with Crippen LogP contribution in [0.2, 0.25) is 0 Å². The van der Waals surface area contributed by atoms with Crippen molar-refractivity contribution in [3.8, 4) is 5.75 Å². The monoisotopic (exact) mass is 602 g/mol. The van der Waals surface area contributed by atoms with Gasteiger partial charge in [0, 0.05) is 42.4 Å². The normalized spacial score (nSPS) is 15.3. The second-order valence-corrected chi connectivity index (χ2v) is 11.9. The molecule has 2 aliphatic rings. The lowest BCUT2D eigenvalue weighted by molar-refractivity contribution is -0.135. The molecule has 2 aromatic rings. The van der Waals surface area contributed by atoms with Gasteiger partial charge in [-0.1, -0.05) is 25.5 Å². The van der Waals surface area contributed by atoms with E-state index < -0.39 is 11.7 Å². The van der Waals surface area contributed by atoms with E-state index in [0.717, 1.165) is 58.0 Å². The molecule has 2 amide bonds. The van der Waals surface area contributed by atoms with Crippen molar-refractivity contribution in [2.24, 2.45) is 10.9 Å². The van der Waals surface area contributed by atoms with Gasteiger partial charge in [0.2, 0.25) is 5.91 Å². The van der Waals surface area contributed by atoms with Crippen LogP contribution in [0.1, 0.15) is 87.4 Å². The van der Waals surface area contributed by atoms with Crippen LogP contribution in [0.5, 0.6) is 5.75 Å². The Hall–Kier alpha value is -4.47. The number of hydrogen-bond acceptors (Lipinski definition) is 9. The van der Waals surface area contributed by atoms with Gasteiger partial charge in [0.1, 0.15) is 23.0 Å². The second kappa shape index (κ2) is 14.3. The van der Waals surface area contributed by atoms with Gasteiger partial charge >= 0.3 is 12.1 Å². The van der Waals surface area contributed by atoms with Gasteiger partial charge in [-0.2, -0.15) is 4.90 Å². The molecule has 1 aromatic carbocycles. The topological polar surface area (TPSA) is 119 Å². The van der Waals surface area contributed by atoms with Gasteiger partial charge in [-0.25, -0.2) is 19.6 Å². The molecule has 44 heavy (non-hydrogen) atoms. The summed E-state index contributed by atoms with van der Waals surface area (Å²) in [7, 11) is 1.36. The maximum atomic E-state index is 13.3. The molecule has 10 heteroatoms. The first kappa shape index (κ1) is 32.4. The molecule has 1 N–H and O–H groups in total. The highest BCUT2D eigenvalue weighted by molar-refractivity contribution is 5.96. The van der Waals surface area contributed by atoms with E-state index in [9.17, 15) is 14.4 Å². The number of hydrogen-bond donors (Lipinski definition) is 1. The van der Waals surface area contributed by atoms with Crippen LogP contribution < -0.4 is 10.1 Å². The minimum atomic E-state index is -0.756. The number of nitrogens with zero attached hydrogens (tertiary/aromatic N) is 3. The predicted molar refractivity (Wildman–Crippen MR) is 169 cm³/mol. The molecule has 10 nitrogen and oxygen atoms in total. The Labute approximate surface area is 259 Å². The Balaban J connectivity index is 1.54. The molecule has 0 saturated heterocycles. The summed E-state index contributed by atoms with van der Waals surface area (Å²) in [4.78, 5) is 48.7. The molecule has 4 rings (SSSR count). The Kier molecular flexibility index (Phi) is 10.6. The predicted octanol–water partition coefficient (Wildman–Crippen LogP) is 6.70. The zero-order valence-corrected chi connectivity index (χ0v) is 26.4. The van der Waals surface area contributed by atoms with Crippen molar-refractivity contribution in [3.63, 3.8) is 0 Å². The zero-order chi connectivity index (χ0) is 31.9. The van der Waals surface area contributed by atoms with Gasteiger partial charge in [0.15, 0.2) is 0 Å². The highest BCUT2D eigenvalue weighted by Crippen LogP contribution is 2.37. The fourth-order valence-electron chi connectivity index (χ4n) is 4.87. The number of carbonyl (C=O) groups is 3. The summed E-state index contributed by atoms with van der Waals surface area (Å²) >= 11 is 0. The molecule has 1 saturated carbocycles. The minimum Gasteiger partial charge on any atom is -0.492 e. The number of allylic oxidation sites excluding steroid dienone is 3. The maximum Gasteiger partial charge on any atom is 0.422 e. The van der Waals surface area contributed by atoms with Crippen molar-refractivity contribution < 1.29 is 28.6 Å². The van der Waals surface area contributed by atoms with Crippen LogP contribution in [0.15, 0.2) is 53.4 Å². The molecule has 0 unspecified atom stereocenters. The van der Waals surface area contributed by atoms with Gasteiger partial charge in [-0.15, -0.1) is 0 Å². The minimum absolute atomic E-state index is 0.204. The third-order valence-corrected chi connectivity index (χ3v) is 7.36. The van der Waals surface area contributed by atoms with Crippen LogP contribution in [0, 0.1) is 5.92 Å². The first-order valence-corrected chi connectivity index (χ1v) is 15.1. The van der Waals surface area contributed by atoms with Crippen molar-refractivity contribution in [1.82, 2.24) is 9.88 Å².